The van der Waals surface area contributed by atoms with E-state index in [2.05, 4.69) is 84.8 Å². The Hall–Kier alpha value is -1.78. The standard InChI is InChI=1S/C30H46O/c1-9-28(22-20-24(2)3)19-13-18-26(5)15-11-10-14-25(4)16-12-17-27(6)21-23-29-30(7,8)31-29/h1,14-15,17,19-20,29H,10-13,16,18,21-23H2,2-8H3/b25-14?,26-15+,27-17?,28-19+. The third-order valence-corrected chi connectivity index (χ3v) is 5.99. The topological polar surface area (TPSA) is 12.5 Å². The average molecular weight is 423 g/mol. The van der Waals surface area contributed by atoms with Crippen LogP contribution in [0.25, 0.3) is 0 Å². The second-order valence-electron chi connectivity index (χ2n) is 9.91. The Labute approximate surface area is 193 Å². The second kappa shape index (κ2) is 14.3. The van der Waals surface area contributed by atoms with Gasteiger partial charge in [-0.3, -0.25) is 0 Å². The number of unbranched alkanes of at least 4 members (excludes halogenated alkanes) is 1. The molecular formula is C30H46O. The van der Waals surface area contributed by atoms with Gasteiger partial charge in [0.2, 0.25) is 0 Å². The number of rotatable bonds is 14. The first-order chi connectivity index (χ1) is 14.6. The normalized spacial score (nSPS) is 19.2. The molecule has 172 valence electrons. The summed E-state index contributed by atoms with van der Waals surface area (Å²) in [5.74, 6) is 2.82. The lowest BCUT2D eigenvalue weighted by molar-refractivity contribution is 0.320. The van der Waals surface area contributed by atoms with Gasteiger partial charge in [0, 0.05) is 5.57 Å². The van der Waals surface area contributed by atoms with E-state index in [1.807, 2.05) is 0 Å². The van der Waals surface area contributed by atoms with Crippen LogP contribution in [0.3, 0.4) is 0 Å². The molecule has 1 atom stereocenters. The maximum absolute atomic E-state index is 5.67. The summed E-state index contributed by atoms with van der Waals surface area (Å²) in [7, 11) is 0. The van der Waals surface area contributed by atoms with E-state index in [1.165, 1.54) is 22.3 Å². The minimum Gasteiger partial charge on any atom is -0.367 e. The number of hydrogen-bond donors (Lipinski definition) is 0. The molecule has 0 saturated carbocycles. The number of ether oxygens (including phenoxy) is 1. The van der Waals surface area contributed by atoms with Crippen molar-refractivity contribution in [2.24, 2.45) is 0 Å². The maximum atomic E-state index is 5.67. The Bertz CT molecular complexity index is 742. The van der Waals surface area contributed by atoms with E-state index in [0.29, 0.717) is 6.10 Å². The Morgan fingerprint density at radius 1 is 0.774 bits per heavy atom. The van der Waals surface area contributed by atoms with Crippen molar-refractivity contribution in [2.75, 3.05) is 0 Å². The van der Waals surface area contributed by atoms with Gasteiger partial charge in [0.05, 0.1) is 11.7 Å². The zero-order valence-corrected chi connectivity index (χ0v) is 21.3. The molecule has 0 spiro atoms. The lowest BCUT2D eigenvalue weighted by Gasteiger charge is -2.03. The highest BCUT2D eigenvalue weighted by Crippen LogP contribution is 2.38. The van der Waals surface area contributed by atoms with Crippen molar-refractivity contribution in [3.8, 4) is 12.3 Å². The molecule has 0 aromatic carbocycles. The SMILES string of the molecule is C#C/C(=C\CC/C(C)=C/CCC=C(C)CCC=C(C)CCC1OC1(C)C)CC=C(C)C. The van der Waals surface area contributed by atoms with Crippen molar-refractivity contribution in [3.63, 3.8) is 0 Å². The van der Waals surface area contributed by atoms with Gasteiger partial charge in [-0.2, -0.15) is 0 Å². The van der Waals surface area contributed by atoms with Crippen LogP contribution in [0.15, 0.2) is 58.2 Å². The van der Waals surface area contributed by atoms with E-state index < -0.39 is 0 Å². The molecule has 1 rings (SSSR count). The molecule has 1 nitrogen and oxygen atoms in total. The van der Waals surface area contributed by atoms with Gasteiger partial charge in [0.15, 0.2) is 0 Å². The fraction of sp³-hybridized carbons (Fsp3) is 0.600. The number of epoxide rings is 1. The molecular weight excluding hydrogens is 376 g/mol. The molecule has 0 aromatic heterocycles. The quantitative estimate of drug-likeness (QED) is 0.118. The van der Waals surface area contributed by atoms with Crippen molar-refractivity contribution < 1.29 is 4.74 Å². The van der Waals surface area contributed by atoms with E-state index in [4.69, 9.17) is 11.2 Å². The molecule has 0 bridgehead atoms. The van der Waals surface area contributed by atoms with Crippen LogP contribution in [-0.2, 0) is 4.74 Å². The number of hydrogen-bond acceptors (Lipinski definition) is 1. The van der Waals surface area contributed by atoms with Gasteiger partial charge in [-0.1, -0.05) is 58.6 Å². The fourth-order valence-corrected chi connectivity index (χ4v) is 3.60. The van der Waals surface area contributed by atoms with Gasteiger partial charge in [-0.05, 0) is 106 Å². The number of allylic oxidation sites excluding steroid dienone is 10. The molecule has 31 heavy (non-hydrogen) atoms. The van der Waals surface area contributed by atoms with Crippen LogP contribution in [0.2, 0.25) is 0 Å². The summed E-state index contributed by atoms with van der Waals surface area (Å²) in [5.41, 5.74) is 7.01. The highest BCUT2D eigenvalue weighted by molar-refractivity contribution is 5.28. The molecule has 0 N–H and O–H groups in total. The zero-order chi connectivity index (χ0) is 23.3. The predicted octanol–water partition coefficient (Wildman–Crippen LogP) is 9.04. The maximum Gasteiger partial charge on any atom is 0.0892 e. The first-order valence-electron chi connectivity index (χ1n) is 12.1. The van der Waals surface area contributed by atoms with Crippen LogP contribution < -0.4 is 0 Å². The van der Waals surface area contributed by atoms with Crippen LogP contribution in [-0.4, -0.2) is 11.7 Å². The highest BCUT2D eigenvalue weighted by atomic mass is 16.6. The molecule has 1 aliphatic rings. The van der Waals surface area contributed by atoms with Gasteiger partial charge in [0.1, 0.15) is 0 Å². The minimum atomic E-state index is 0.124. The van der Waals surface area contributed by atoms with Crippen LogP contribution in [0, 0.1) is 12.3 Å². The van der Waals surface area contributed by atoms with Gasteiger partial charge >= 0.3 is 0 Å². The third kappa shape index (κ3) is 13.3. The Morgan fingerprint density at radius 3 is 1.74 bits per heavy atom. The zero-order valence-electron chi connectivity index (χ0n) is 21.3. The summed E-state index contributed by atoms with van der Waals surface area (Å²) in [6.07, 6.45) is 27.6. The monoisotopic (exact) mass is 422 g/mol. The molecule has 1 heterocycles. The molecule has 0 amide bonds. The number of terminal acetylenes is 1. The Kier molecular flexibility index (Phi) is 12.6. The molecule has 0 aliphatic carbocycles. The summed E-state index contributed by atoms with van der Waals surface area (Å²) < 4.78 is 5.67. The lowest BCUT2D eigenvalue weighted by atomic mass is 10.0. The molecule has 0 radical (unpaired) electrons. The molecule has 1 saturated heterocycles. The van der Waals surface area contributed by atoms with Crippen LogP contribution in [0.5, 0.6) is 0 Å². The van der Waals surface area contributed by atoms with Crippen molar-refractivity contribution in [2.45, 2.75) is 118 Å². The summed E-state index contributed by atoms with van der Waals surface area (Å²) in [4.78, 5) is 0. The molecule has 1 unspecified atom stereocenters. The summed E-state index contributed by atoms with van der Waals surface area (Å²) in [6.45, 7) is 15.3. The fourth-order valence-electron chi connectivity index (χ4n) is 3.60. The van der Waals surface area contributed by atoms with Gasteiger partial charge in [-0.15, -0.1) is 6.42 Å². The smallest absolute Gasteiger partial charge is 0.0892 e. The summed E-state index contributed by atoms with van der Waals surface area (Å²) >= 11 is 0. The summed E-state index contributed by atoms with van der Waals surface area (Å²) in [5, 5.41) is 0. The molecule has 0 aromatic rings. The largest absolute Gasteiger partial charge is 0.367 e. The van der Waals surface area contributed by atoms with Crippen LogP contribution in [0.1, 0.15) is 106 Å². The van der Waals surface area contributed by atoms with Crippen LogP contribution >= 0.6 is 0 Å². The average Bonchev–Trinajstić information content (AvgIpc) is 3.32. The van der Waals surface area contributed by atoms with E-state index in [0.717, 1.165) is 63.4 Å². The van der Waals surface area contributed by atoms with E-state index in [-0.39, 0.29) is 5.60 Å². The third-order valence-electron chi connectivity index (χ3n) is 5.99. The van der Waals surface area contributed by atoms with Gasteiger partial charge < -0.3 is 4.74 Å². The molecule has 1 aliphatic heterocycles. The van der Waals surface area contributed by atoms with E-state index in [1.54, 1.807) is 0 Å². The van der Waals surface area contributed by atoms with Crippen molar-refractivity contribution in [1.82, 2.24) is 0 Å². The van der Waals surface area contributed by atoms with Gasteiger partial charge in [-0.25, -0.2) is 0 Å². The van der Waals surface area contributed by atoms with E-state index in [9.17, 15) is 0 Å². The van der Waals surface area contributed by atoms with Gasteiger partial charge in [0.25, 0.3) is 0 Å². The second-order valence-corrected chi connectivity index (χ2v) is 9.91. The van der Waals surface area contributed by atoms with Crippen LogP contribution in [0.4, 0.5) is 0 Å². The van der Waals surface area contributed by atoms with Crippen molar-refractivity contribution in [3.05, 3.63) is 58.2 Å². The Balaban J connectivity index is 2.22. The first-order valence-corrected chi connectivity index (χ1v) is 12.1. The van der Waals surface area contributed by atoms with Crippen molar-refractivity contribution in [1.29, 1.82) is 0 Å². The highest BCUT2D eigenvalue weighted by Gasteiger charge is 2.46. The molecule has 1 fully saturated rings. The summed E-state index contributed by atoms with van der Waals surface area (Å²) in [6, 6.07) is 0. The first kappa shape index (κ1) is 27.3. The van der Waals surface area contributed by atoms with Crippen molar-refractivity contribution >= 4 is 0 Å². The minimum absolute atomic E-state index is 0.124. The predicted molar refractivity (Wildman–Crippen MR) is 138 cm³/mol. The van der Waals surface area contributed by atoms with E-state index >= 15 is 0 Å². The lowest BCUT2D eigenvalue weighted by Crippen LogP contribution is -2.02. The Morgan fingerprint density at radius 2 is 1.26 bits per heavy atom. The molecule has 1 heteroatoms.